The molecule has 0 unspecified atom stereocenters. The van der Waals surface area contributed by atoms with Crippen LogP contribution in [-0.2, 0) is 10.0 Å². The molecule has 1 fully saturated rings. The summed E-state index contributed by atoms with van der Waals surface area (Å²) < 4.78 is 26.8. The monoisotopic (exact) mass is 331 g/mol. The SMILES string of the molecule is CC(C)(C)N1CCN(S(=O)(=O)c2ccc(Cl)cc2N)CC1. The van der Waals surface area contributed by atoms with Gasteiger partial charge in [0.2, 0.25) is 10.0 Å². The predicted octanol–water partition coefficient (Wildman–Crippen LogP) is 2.03. The van der Waals surface area contributed by atoms with Gasteiger partial charge >= 0.3 is 0 Å². The zero-order chi connectivity index (χ0) is 15.8. The third kappa shape index (κ3) is 3.51. The fraction of sp³-hybridized carbons (Fsp3) is 0.571. The number of nitrogens with zero attached hydrogens (tertiary/aromatic N) is 2. The van der Waals surface area contributed by atoms with Crippen molar-refractivity contribution in [2.24, 2.45) is 0 Å². The summed E-state index contributed by atoms with van der Waals surface area (Å²) in [7, 11) is -3.56. The lowest BCUT2D eigenvalue weighted by molar-refractivity contribution is 0.0922. The number of nitrogen functional groups attached to an aromatic ring is 1. The van der Waals surface area contributed by atoms with Gasteiger partial charge in [-0.05, 0) is 39.0 Å². The minimum atomic E-state index is -3.56. The second kappa shape index (κ2) is 5.76. The zero-order valence-corrected chi connectivity index (χ0v) is 14.2. The van der Waals surface area contributed by atoms with Crippen molar-refractivity contribution in [2.75, 3.05) is 31.9 Å². The van der Waals surface area contributed by atoms with E-state index in [1.807, 2.05) is 0 Å². The van der Waals surface area contributed by atoms with Crippen molar-refractivity contribution >= 4 is 27.3 Å². The van der Waals surface area contributed by atoms with E-state index in [1.165, 1.54) is 16.4 Å². The number of benzene rings is 1. The van der Waals surface area contributed by atoms with E-state index in [1.54, 1.807) is 6.07 Å². The lowest BCUT2D eigenvalue weighted by Crippen LogP contribution is -2.54. The molecule has 0 aliphatic carbocycles. The molecule has 5 nitrogen and oxygen atoms in total. The lowest BCUT2D eigenvalue weighted by atomic mass is 10.1. The highest BCUT2D eigenvalue weighted by atomic mass is 35.5. The van der Waals surface area contributed by atoms with Crippen molar-refractivity contribution in [3.8, 4) is 0 Å². The number of rotatable bonds is 2. The Morgan fingerprint density at radius 2 is 1.71 bits per heavy atom. The van der Waals surface area contributed by atoms with E-state index in [0.29, 0.717) is 18.1 Å². The van der Waals surface area contributed by atoms with Crippen LogP contribution in [0.5, 0.6) is 0 Å². The molecular weight excluding hydrogens is 310 g/mol. The van der Waals surface area contributed by atoms with Crippen LogP contribution in [0.4, 0.5) is 5.69 Å². The number of halogens is 1. The second-order valence-corrected chi connectivity index (χ2v) is 8.59. The van der Waals surface area contributed by atoms with Crippen molar-refractivity contribution in [2.45, 2.75) is 31.2 Å². The van der Waals surface area contributed by atoms with E-state index >= 15 is 0 Å². The van der Waals surface area contributed by atoms with Crippen LogP contribution < -0.4 is 5.73 Å². The van der Waals surface area contributed by atoms with Gasteiger partial charge < -0.3 is 5.73 Å². The maximum absolute atomic E-state index is 12.7. The number of hydrogen-bond acceptors (Lipinski definition) is 4. The maximum atomic E-state index is 12.7. The molecule has 0 aromatic heterocycles. The summed E-state index contributed by atoms with van der Waals surface area (Å²) in [6.07, 6.45) is 0. The summed E-state index contributed by atoms with van der Waals surface area (Å²) in [4.78, 5) is 2.42. The summed E-state index contributed by atoms with van der Waals surface area (Å²) in [6.45, 7) is 8.78. The zero-order valence-electron chi connectivity index (χ0n) is 12.6. The average Bonchev–Trinajstić information content (AvgIpc) is 2.37. The predicted molar refractivity (Wildman–Crippen MR) is 85.9 cm³/mol. The van der Waals surface area contributed by atoms with E-state index in [-0.39, 0.29) is 16.1 Å². The topological polar surface area (TPSA) is 66.6 Å². The normalized spacial score (nSPS) is 18.9. The first-order valence-electron chi connectivity index (χ1n) is 6.92. The Morgan fingerprint density at radius 3 is 2.19 bits per heavy atom. The molecule has 1 saturated heterocycles. The van der Waals surface area contributed by atoms with Gasteiger partial charge in [-0.3, -0.25) is 4.90 Å². The van der Waals surface area contributed by atoms with Crippen molar-refractivity contribution in [3.05, 3.63) is 23.2 Å². The Balaban J connectivity index is 2.19. The number of nitrogens with two attached hydrogens (primary N) is 1. The summed E-state index contributed by atoms with van der Waals surface area (Å²) in [5, 5.41) is 0.434. The Hall–Kier alpha value is -0.820. The number of anilines is 1. The van der Waals surface area contributed by atoms with Gasteiger partial charge in [-0.2, -0.15) is 4.31 Å². The Labute approximate surface area is 131 Å². The van der Waals surface area contributed by atoms with Crippen LogP contribution in [0.3, 0.4) is 0 Å². The molecule has 0 atom stereocenters. The molecule has 21 heavy (non-hydrogen) atoms. The molecule has 1 aromatic carbocycles. The van der Waals surface area contributed by atoms with Crippen molar-refractivity contribution in [3.63, 3.8) is 0 Å². The molecule has 1 aliphatic heterocycles. The summed E-state index contributed by atoms with van der Waals surface area (Å²) >= 11 is 5.83. The molecule has 0 bridgehead atoms. The molecular formula is C14H22ClN3O2S. The first-order chi connectivity index (χ1) is 9.62. The van der Waals surface area contributed by atoms with E-state index in [2.05, 4.69) is 25.7 Å². The molecule has 0 saturated carbocycles. The molecule has 0 radical (unpaired) electrons. The van der Waals surface area contributed by atoms with Gasteiger partial charge in [0.25, 0.3) is 0 Å². The van der Waals surface area contributed by atoms with Crippen molar-refractivity contribution < 1.29 is 8.42 Å². The number of piperazine rings is 1. The molecule has 7 heteroatoms. The Bertz CT molecular complexity index is 618. The smallest absolute Gasteiger partial charge is 0.245 e. The van der Waals surface area contributed by atoms with E-state index < -0.39 is 10.0 Å². The van der Waals surface area contributed by atoms with Gasteiger partial charge in [-0.15, -0.1) is 0 Å². The standard InChI is InChI=1S/C14H22ClN3O2S/c1-14(2,3)17-6-8-18(9-7-17)21(19,20)13-5-4-11(15)10-12(13)16/h4-5,10H,6-9,16H2,1-3H3. The van der Waals surface area contributed by atoms with E-state index in [9.17, 15) is 8.42 Å². The van der Waals surface area contributed by atoms with Crippen LogP contribution in [0.1, 0.15) is 20.8 Å². The van der Waals surface area contributed by atoms with Crippen molar-refractivity contribution in [1.29, 1.82) is 0 Å². The van der Waals surface area contributed by atoms with Crippen LogP contribution in [0.25, 0.3) is 0 Å². The van der Waals surface area contributed by atoms with Crippen LogP contribution in [0.2, 0.25) is 5.02 Å². The molecule has 2 N–H and O–H groups in total. The molecule has 1 aliphatic rings. The van der Waals surface area contributed by atoms with Gasteiger partial charge in [0.1, 0.15) is 4.90 Å². The first-order valence-corrected chi connectivity index (χ1v) is 8.74. The third-order valence-corrected chi connectivity index (χ3v) is 5.98. The maximum Gasteiger partial charge on any atom is 0.245 e. The minimum Gasteiger partial charge on any atom is -0.398 e. The van der Waals surface area contributed by atoms with Gasteiger partial charge in [0.15, 0.2) is 0 Å². The van der Waals surface area contributed by atoms with Crippen LogP contribution >= 0.6 is 11.6 Å². The highest BCUT2D eigenvalue weighted by Gasteiger charge is 2.33. The fourth-order valence-electron chi connectivity index (χ4n) is 2.49. The largest absolute Gasteiger partial charge is 0.398 e. The van der Waals surface area contributed by atoms with Crippen LogP contribution in [0.15, 0.2) is 23.1 Å². The molecule has 1 heterocycles. The second-order valence-electron chi connectivity index (χ2n) is 6.24. The van der Waals surface area contributed by atoms with Gasteiger partial charge in [-0.25, -0.2) is 8.42 Å². The van der Waals surface area contributed by atoms with E-state index in [4.69, 9.17) is 17.3 Å². The number of hydrogen-bond donors (Lipinski definition) is 1. The van der Waals surface area contributed by atoms with Crippen LogP contribution in [-0.4, -0.2) is 49.3 Å². The summed E-state index contributed by atoms with van der Waals surface area (Å²) in [5.74, 6) is 0. The quantitative estimate of drug-likeness (QED) is 0.842. The highest BCUT2D eigenvalue weighted by Crippen LogP contribution is 2.27. The molecule has 118 valence electrons. The lowest BCUT2D eigenvalue weighted by Gasteiger charge is -2.41. The highest BCUT2D eigenvalue weighted by molar-refractivity contribution is 7.89. The molecule has 1 aromatic rings. The number of sulfonamides is 1. The molecule has 2 rings (SSSR count). The van der Waals surface area contributed by atoms with E-state index in [0.717, 1.165) is 13.1 Å². The van der Waals surface area contributed by atoms with Gasteiger partial charge in [-0.1, -0.05) is 11.6 Å². The fourth-order valence-corrected chi connectivity index (χ4v) is 4.19. The van der Waals surface area contributed by atoms with Gasteiger partial charge in [0, 0.05) is 36.7 Å². The van der Waals surface area contributed by atoms with Crippen LogP contribution in [0, 0.1) is 0 Å². The Kier molecular flexibility index (Phi) is 4.54. The average molecular weight is 332 g/mol. The Morgan fingerprint density at radius 1 is 1.14 bits per heavy atom. The molecule has 0 spiro atoms. The third-order valence-electron chi connectivity index (χ3n) is 3.78. The molecule has 0 amide bonds. The first kappa shape index (κ1) is 16.5. The van der Waals surface area contributed by atoms with Crippen molar-refractivity contribution in [1.82, 2.24) is 9.21 Å². The minimum absolute atomic E-state index is 0.0507. The summed E-state index contributed by atoms with van der Waals surface area (Å²) in [5.41, 5.74) is 6.06. The van der Waals surface area contributed by atoms with Gasteiger partial charge in [0.05, 0.1) is 5.69 Å². The summed E-state index contributed by atoms with van der Waals surface area (Å²) in [6, 6.07) is 4.50.